The van der Waals surface area contributed by atoms with Crippen molar-refractivity contribution in [1.29, 1.82) is 0 Å². The van der Waals surface area contributed by atoms with Gasteiger partial charge in [0, 0.05) is 32.1 Å². The number of amides is 1. The number of unbranched alkanes of at least 4 members (excludes halogenated alkanes) is 1. The molecule has 0 spiro atoms. The maximum absolute atomic E-state index is 13.8. The van der Waals surface area contributed by atoms with Gasteiger partial charge in [-0.1, -0.05) is 61.9 Å². The zero-order chi connectivity index (χ0) is 24.8. The van der Waals surface area contributed by atoms with Crippen molar-refractivity contribution in [3.63, 3.8) is 0 Å². The van der Waals surface area contributed by atoms with Crippen molar-refractivity contribution in [3.05, 3.63) is 75.4 Å². The van der Waals surface area contributed by atoms with Gasteiger partial charge in [-0.05, 0) is 25.0 Å². The van der Waals surface area contributed by atoms with Crippen molar-refractivity contribution in [1.82, 2.24) is 9.47 Å². The van der Waals surface area contributed by atoms with Gasteiger partial charge in [-0.25, -0.2) is 0 Å². The van der Waals surface area contributed by atoms with Crippen LogP contribution in [0.15, 0.2) is 59.4 Å². The first kappa shape index (κ1) is 24.9. The van der Waals surface area contributed by atoms with Gasteiger partial charge in [0.25, 0.3) is 11.5 Å². The number of benzene rings is 2. The average molecular weight is 493 g/mol. The Morgan fingerprint density at radius 1 is 1.03 bits per heavy atom. The predicted molar refractivity (Wildman–Crippen MR) is 143 cm³/mol. The lowest BCUT2D eigenvalue weighted by molar-refractivity contribution is 0.0780. The van der Waals surface area contributed by atoms with E-state index in [0.717, 1.165) is 34.0 Å². The van der Waals surface area contributed by atoms with Crippen LogP contribution in [-0.4, -0.2) is 42.2 Å². The van der Waals surface area contributed by atoms with Gasteiger partial charge in [0.15, 0.2) is 5.75 Å². The number of thiophene rings is 1. The van der Waals surface area contributed by atoms with Crippen LogP contribution < -0.4 is 10.3 Å². The van der Waals surface area contributed by atoms with Gasteiger partial charge in [-0.3, -0.25) is 9.59 Å². The summed E-state index contributed by atoms with van der Waals surface area (Å²) in [5.74, 6) is 0.209. The van der Waals surface area contributed by atoms with Crippen molar-refractivity contribution in [3.8, 4) is 5.75 Å². The summed E-state index contributed by atoms with van der Waals surface area (Å²) in [4.78, 5) is 29.6. The molecule has 0 saturated carbocycles. The molecule has 35 heavy (non-hydrogen) atoms. The van der Waals surface area contributed by atoms with Crippen molar-refractivity contribution >= 4 is 38.2 Å². The number of carbonyl (C=O) groups excluding carboxylic acids is 1. The largest absolute Gasteiger partial charge is 0.489 e. The molecule has 4 rings (SSSR count). The van der Waals surface area contributed by atoms with Crippen molar-refractivity contribution in [2.75, 3.05) is 26.9 Å². The molecule has 0 unspecified atom stereocenters. The number of aryl methyl sites for hydroxylation is 1. The first-order valence-electron chi connectivity index (χ1n) is 12.1. The van der Waals surface area contributed by atoms with Crippen LogP contribution in [0.25, 0.3) is 21.0 Å². The number of rotatable bonds is 11. The molecule has 7 heteroatoms. The quantitative estimate of drug-likeness (QED) is 0.252. The molecule has 2 aromatic heterocycles. The smallest absolute Gasteiger partial charge is 0.267 e. The zero-order valence-electron chi connectivity index (χ0n) is 20.6. The fourth-order valence-electron chi connectivity index (χ4n) is 4.21. The van der Waals surface area contributed by atoms with Gasteiger partial charge < -0.3 is 18.9 Å². The Labute approximate surface area is 209 Å². The summed E-state index contributed by atoms with van der Waals surface area (Å²) in [6.45, 7) is 6.35. The molecule has 0 bridgehead atoms. The highest BCUT2D eigenvalue weighted by atomic mass is 32.1. The summed E-state index contributed by atoms with van der Waals surface area (Å²) in [6.07, 6.45) is 1.87. The van der Waals surface area contributed by atoms with Crippen LogP contribution in [-0.2, 0) is 17.8 Å². The first-order chi connectivity index (χ1) is 17.1. The van der Waals surface area contributed by atoms with E-state index in [9.17, 15) is 9.59 Å². The summed E-state index contributed by atoms with van der Waals surface area (Å²) >= 11 is 1.34. The Kier molecular flexibility index (Phi) is 8.21. The van der Waals surface area contributed by atoms with E-state index in [1.165, 1.54) is 11.3 Å². The third kappa shape index (κ3) is 5.26. The van der Waals surface area contributed by atoms with Crippen LogP contribution in [0.3, 0.4) is 0 Å². The molecular formula is C28H32N2O4S. The molecule has 0 atom stereocenters. The van der Waals surface area contributed by atoms with E-state index in [1.54, 1.807) is 11.9 Å². The molecule has 0 aliphatic carbocycles. The van der Waals surface area contributed by atoms with Crippen LogP contribution in [0.5, 0.6) is 5.75 Å². The minimum atomic E-state index is -0.162. The second kappa shape index (κ2) is 11.5. The molecule has 0 aliphatic rings. The van der Waals surface area contributed by atoms with Crippen LogP contribution in [0.2, 0.25) is 0 Å². The Balaban J connectivity index is 1.85. The minimum absolute atomic E-state index is 0.112. The third-order valence-corrected chi connectivity index (χ3v) is 7.17. The number of aromatic nitrogens is 1. The normalized spacial score (nSPS) is 11.3. The van der Waals surface area contributed by atoms with Crippen LogP contribution in [0.1, 0.15) is 41.9 Å². The number of hydrogen-bond acceptors (Lipinski definition) is 5. The number of ether oxygens (including phenoxy) is 2. The second-order valence-electron chi connectivity index (χ2n) is 8.48. The van der Waals surface area contributed by atoms with Gasteiger partial charge in [-0.15, -0.1) is 11.3 Å². The molecule has 2 heterocycles. The molecule has 0 saturated heterocycles. The Morgan fingerprint density at radius 3 is 2.51 bits per heavy atom. The summed E-state index contributed by atoms with van der Waals surface area (Å²) in [5, 5.41) is 1.44. The molecule has 6 nitrogen and oxygen atoms in total. The topological polar surface area (TPSA) is 60.8 Å². The SMILES string of the molecule is CCCCn1c(=O)c2c(OCCOCC)c(C(=O)N(C)Cc3ccccc3)sc2c2ccccc21. The van der Waals surface area contributed by atoms with Crippen LogP contribution in [0.4, 0.5) is 0 Å². The minimum Gasteiger partial charge on any atom is -0.489 e. The molecule has 4 aromatic rings. The van der Waals surface area contributed by atoms with E-state index < -0.39 is 0 Å². The molecule has 0 radical (unpaired) electrons. The maximum Gasteiger partial charge on any atom is 0.267 e. The summed E-state index contributed by atoms with van der Waals surface area (Å²) in [7, 11) is 1.78. The van der Waals surface area contributed by atoms with E-state index in [0.29, 0.717) is 42.3 Å². The Hall–Kier alpha value is -3.16. The molecule has 0 aliphatic heterocycles. The molecule has 0 fully saturated rings. The summed E-state index contributed by atoms with van der Waals surface area (Å²) in [5.41, 5.74) is 1.81. The number of hydrogen-bond donors (Lipinski definition) is 0. The van der Waals surface area contributed by atoms with Gasteiger partial charge in [0.2, 0.25) is 0 Å². The monoisotopic (exact) mass is 492 g/mol. The number of pyridine rings is 1. The second-order valence-corrected chi connectivity index (χ2v) is 9.50. The van der Waals surface area contributed by atoms with E-state index in [1.807, 2.05) is 66.1 Å². The van der Waals surface area contributed by atoms with Gasteiger partial charge in [-0.2, -0.15) is 0 Å². The highest BCUT2D eigenvalue weighted by molar-refractivity contribution is 7.22. The number of carbonyl (C=O) groups is 1. The number of nitrogens with zero attached hydrogens (tertiary/aromatic N) is 2. The fourth-order valence-corrected chi connectivity index (χ4v) is 5.48. The van der Waals surface area contributed by atoms with E-state index in [2.05, 4.69) is 6.92 Å². The van der Waals surface area contributed by atoms with Gasteiger partial charge >= 0.3 is 0 Å². The molecule has 2 aromatic carbocycles. The lowest BCUT2D eigenvalue weighted by Crippen LogP contribution is -2.26. The van der Waals surface area contributed by atoms with E-state index in [-0.39, 0.29) is 18.1 Å². The first-order valence-corrected chi connectivity index (χ1v) is 13.0. The summed E-state index contributed by atoms with van der Waals surface area (Å²) in [6, 6.07) is 17.8. The van der Waals surface area contributed by atoms with Crippen LogP contribution in [0, 0.1) is 0 Å². The van der Waals surface area contributed by atoms with Crippen LogP contribution >= 0.6 is 11.3 Å². The highest BCUT2D eigenvalue weighted by Gasteiger charge is 2.27. The third-order valence-electron chi connectivity index (χ3n) is 5.98. The van der Waals surface area contributed by atoms with Gasteiger partial charge in [0.1, 0.15) is 16.9 Å². The number of para-hydroxylation sites is 1. The Morgan fingerprint density at radius 2 is 1.77 bits per heavy atom. The standard InChI is InChI=1S/C28H32N2O4S/c1-4-6-16-30-22-15-11-10-14-21(22)25-23(27(30)31)24(34-18-17-33-5-2)26(35-25)28(32)29(3)19-20-12-8-7-9-13-20/h7-15H,4-6,16-19H2,1-3H3. The Bertz CT molecular complexity index is 1360. The molecule has 1 amide bonds. The summed E-state index contributed by atoms with van der Waals surface area (Å²) < 4.78 is 14.2. The molecule has 0 N–H and O–H groups in total. The maximum atomic E-state index is 13.8. The molecular weight excluding hydrogens is 460 g/mol. The van der Waals surface area contributed by atoms with Crippen molar-refractivity contribution in [2.45, 2.75) is 39.8 Å². The van der Waals surface area contributed by atoms with E-state index in [4.69, 9.17) is 9.47 Å². The highest BCUT2D eigenvalue weighted by Crippen LogP contribution is 2.40. The van der Waals surface area contributed by atoms with Gasteiger partial charge in [0.05, 0.1) is 16.8 Å². The van der Waals surface area contributed by atoms with Crippen molar-refractivity contribution < 1.29 is 14.3 Å². The average Bonchev–Trinajstić information content (AvgIpc) is 3.26. The lowest BCUT2D eigenvalue weighted by atomic mass is 10.1. The van der Waals surface area contributed by atoms with Crippen molar-refractivity contribution in [2.24, 2.45) is 0 Å². The van der Waals surface area contributed by atoms with E-state index >= 15 is 0 Å². The predicted octanol–water partition coefficient (Wildman–Crippen LogP) is 5.70. The number of fused-ring (bicyclic) bond motifs is 3. The lowest BCUT2D eigenvalue weighted by Gasteiger charge is -2.17. The molecule has 184 valence electrons. The fraction of sp³-hybridized carbons (Fsp3) is 0.357. The zero-order valence-corrected chi connectivity index (χ0v) is 21.4.